The van der Waals surface area contributed by atoms with Crippen molar-refractivity contribution in [3.63, 3.8) is 0 Å². The number of rotatable bonds is 7. The zero-order chi connectivity index (χ0) is 22.7. The summed E-state index contributed by atoms with van der Waals surface area (Å²) >= 11 is 1.60. The number of hydrogen-bond donors (Lipinski definition) is 0. The average Bonchev–Trinajstić information content (AvgIpc) is 3.19. The van der Waals surface area contributed by atoms with Crippen LogP contribution in [-0.2, 0) is 6.42 Å². The minimum atomic E-state index is -0.00783. The van der Waals surface area contributed by atoms with Crippen molar-refractivity contribution < 1.29 is 4.79 Å². The van der Waals surface area contributed by atoms with Crippen LogP contribution in [0.15, 0.2) is 66.7 Å². The number of carbonyl (C=O) groups is 1. The SMILES string of the molecule is Cc1cc(C)c2sc(N(CCN(C)C)C(=O)c3ccc(Cc4ccccc4)cc3)nc2c1. The predicted octanol–water partition coefficient (Wildman–Crippen LogP) is 5.71. The van der Waals surface area contributed by atoms with Crippen LogP contribution in [0.1, 0.15) is 32.6 Å². The van der Waals surface area contributed by atoms with Crippen LogP contribution in [0.4, 0.5) is 5.13 Å². The van der Waals surface area contributed by atoms with Crippen molar-refractivity contribution in [3.05, 3.63) is 94.5 Å². The third kappa shape index (κ3) is 5.06. The van der Waals surface area contributed by atoms with E-state index in [9.17, 15) is 4.79 Å². The molecule has 0 radical (unpaired) electrons. The van der Waals surface area contributed by atoms with Gasteiger partial charge >= 0.3 is 0 Å². The summed E-state index contributed by atoms with van der Waals surface area (Å²) in [5.74, 6) is -0.00783. The first-order valence-corrected chi connectivity index (χ1v) is 11.7. The van der Waals surface area contributed by atoms with Gasteiger partial charge in [-0.05, 0) is 74.8 Å². The third-order valence-corrected chi connectivity index (χ3v) is 6.74. The van der Waals surface area contributed by atoms with Crippen molar-refractivity contribution in [2.45, 2.75) is 20.3 Å². The summed E-state index contributed by atoms with van der Waals surface area (Å²) in [6, 6.07) is 22.6. The molecule has 0 fully saturated rings. The van der Waals surface area contributed by atoms with E-state index in [1.54, 1.807) is 11.3 Å². The molecule has 4 rings (SSSR count). The molecule has 5 heteroatoms. The van der Waals surface area contributed by atoms with E-state index in [2.05, 4.69) is 67.3 Å². The fraction of sp³-hybridized carbons (Fsp3) is 0.259. The van der Waals surface area contributed by atoms with Crippen LogP contribution in [-0.4, -0.2) is 43.0 Å². The Morgan fingerprint density at radius 2 is 1.59 bits per heavy atom. The van der Waals surface area contributed by atoms with Crippen molar-refractivity contribution in [1.82, 2.24) is 9.88 Å². The maximum Gasteiger partial charge on any atom is 0.260 e. The number of amides is 1. The third-order valence-electron chi connectivity index (χ3n) is 5.51. The second kappa shape index (κ2) is 9.63. The molecule has 0 N–H and O–H groups in total. The number of hydrogen-bond acceptors (Lipinski definition) is 4. The highest BCUT2D eigenvalue weighted by molar-refractivity contribution is 7.22. The predicted molar refractivity (Wildman–Crippen MR) is 135 cm³/mol. The number of aryl methyl sites for hydroxylation is 2. The van der Waals surface area contributed by atoms with E-state index < -0.39 is 0 Å². The first kappa shape index (κ1) is 22.2. The molecule has 1 amide bonds. The second-order valence-corrected chi connectivity index (χ2v) is 9.52. The minimum Gasteiger partial charge on any atom is -0.308 e. The summed E-state index contributed by atoms with van der Waals surface area (Å²) in [5, 5.41) is 0.758. The number of fused-ring (bicyclic) bond motifs is 1. The standard InChI is InChI=1S/C27H29N3OS/c1-19-16-20(2)25-24(17-19)28-27(32-25)30(15-14-29(3)4)26(31)23-12-10-22(11-13-23)18-21-8-6-5-7-9-21/h5-13,16-17H,14-15,18H2,1-4H3. The quantitative estimate of drug-likeness (QED) is 0.367. The molecule has 0 unspecified atom stereocenters. The maximum atomic E-state index is 13.5. The number of likely N-dealkylation sites (N-methyl/N-ethyl adjacent to an activating group) is 1. The van der Waals surface area contributed by atoms with Gasteiger partial charge in [0.25, 0.3) is 5.91 Å². The Balaban J connectivity index is 1.61. The summed E-state index contributed by atoms with van der Waals surface area (Å²) in [6.45, 7) is 5.55. The van der Waals surface area contributed by atoms with Crippen LogP contribution >= 0.6 is 11.3 Å². The lowest BCUT2D eigenvalue weighted by Gasteiger charge is -2.22. The van der Waals surface area contributed by atoms with Gasteiger partial charge in [-0.2, -0.15) is 0 Å². The number of benzene rings is 3. The van der Waals surface area contributed by atoms with Gasteiger partial charge in [0.2, 0.25) is 0 Å². The van der Waals surface area contributed by atoms with E-state index >= 15 is 0 Å². The second-order valence-electron chi connectivity index (χ2n) is 8.55. The number of thiazole rings is 1. The lowest BCUT2D eigenvalue weighted by Crippen LogP contribution is -2.36. The Morgan fingerprint density at radius 1 is 0.906 bits per heavy atom. The first-order chi connectivity index (χ1) is 15.4. The number of nitrogens with zero attached hydrogens (tertiary/aromatic N) is 3. The Morgan fingerprint density at radius 3 is 2.28 bits per heavy atom. The first-order valence-electron chi connectivity index (χ1n) is 10.9. The van der Waals surface area contributed by atoms with Crippen molar-refractivity contribution >= 4 is 32.6 Å². The zero-order valence-electron chi connectivity index (χ0n) is 19.1. The van der Waals surface area contributed by atoms with Crippen molar-refractivity contribution in [1.29, 1.82) is 0 Å². The normalized spacial score (nSPS) is 11.3. The molecule has 0 aliphatic heterocycles. The van der Waals surface area contributed by atoms with E-state index in [1.807, 2.05) is 37.2 Å². The lowest BCUT2D eigenvalue weighted by atomic mass is 10.0. The molecule has 4 aromatic rings. The highest BCUT2D eigenvalue weighted by atomic mass is 32.1. The van der Waals surface area contributed by atoms with E-state index in [4.69, 9.17) is 4.98 Å². The topological polar surface area (TPSA) is 36.4 Å². The molecule has 4 nitrogen and oxygen atoms in total. The van der Waals surface area contributed by atoms with Crippen LogP contribution in [0.3, 0.4) is 0 Å². The molecule has 1 heterocycles. The van der Waals surface area contributed by atoms with E-state index in [1.165, 1.54) is 22.3 Å². The van der Waals surface area contributed by atoms with Crippen LogP contribution < -0.4 is 4.90 Å². The fourth-order valence-electron chi connectivity index (χ4n) is 3.82. The van der Waals surface area contributed by atoms with Gasteiger partial charge in [0.1, 0.15) is 0 Å². The number of anilines is 1. The molecule has 0 aliphatic rings. The van der Waals surface area contributed by atoms with Gasteiger partial charge in [-0.15, -0.1) is 0 Å². The molecule has 0 atom stereocenters. The van der Waals surface area contributed by atoms with Crippen LogP contribution in [0, 0.1) is 13.8 Å². The van der Waals surface area contributed by atoms with Gasteiger partial charge < -0.3 is 4.90 Å². The fourth-order valence-corrected chi connectivity index (χ4v) is 4.86. The molecule has 0 saturated carbocycles. The van der Waals surface area contributed by atoms with E-state index in [0.29, 0.717) is 12.1 Å². The Hall–Kier alpha value is -3.02. The Labute approximate surface area is 194 Å². The largest absolute Gasteiger partial charge is 0.308 e. The Bertz CT molecular complexity index is 1210. The average molecular weight is 444 g/mol. The molecule has 32 heavy (non-hydrogen) atoms. The van der Waals surface area contributed by atoms with Crippen molar-refractivity contribution in [2.24, 2.45) is 0 Å². The van der Waals surface area contributed by atoms with E-state index in [0.717, 1.165) is 28.3 Å². The van der Waals surface area contributed by atoms with Gasteiger partial charge in [-0.3, -0.25) is 9.69 Å². The zero-order valence-corrected chi connectivity index (χ0v) is 19.9. The monoisotopic (exact) mass is 443 g/mol. The van der Waals surface area contributed by atoms with Crippen molar-refractivity contribution in [3.8, 4) is 0 Å². The molecule has 1 aromatic heterocycles. The molecular weight excluding hydrogens is 414 g/mol. The molecule has 0 aliphatic carbocycles. The number of carbonyl (C=O) groups excluding carboxylic acids is 1. The highest BCUT2D eigenvalue weighted by Crippen LogP contribution is 2.32. The molecule has 3 aromatic carbocycles. The van der Waals surface area contributed by atoms with Crippen LogP contribution in [0.25, 0.3) is 10.2 Å². The smallest absolute Gasteiger partial charge is 0.260 e. The molecular formula is C27H29N3OS. The molecule has 0 bridgehead atoms. The highest BCUT2D eigenvalue weighted by Gasteiger charge is 2.22. The maximum absolute atomic E-state index is 13.5. The summed E-state index contributed by atoms with van der Waals surface area (Å²) in [5.41, 5.74) is 6.50. The Kier molecular flexibility index (Phi) is 6.68. The van der Waals surface area contributed by atoms with Crippen molar-refractivity contribution in [2.75, 3.05) is 32.1 Å². The van der Waals surface area contributed by atoms with Crippen LogP contribution in [0.5, 0.6) is 0 Å². The van der Waals surface area contributed by atoms with Gasteiger partial charge in [-0.1, -0.05) is 59.9 Å². The van der Waals surface area contributed by atoms with E-state index in [-0.39, 0.29) is 5.91 Å². The lowest BCUT2D eigenvalue weighted by molar-refractivity contribution is 0.0985. The summed E-state index contributed by atoms with van der Waals surface area (Å²) in [6.07, 6.45) is 0.857. The number of aromatic nitrogens is 1. The molecule has 0 saturated heterocycles. The van der Waals surface area contributed by atoms with Gasteiger partial charge in [0.15, 0.2) is 5.13 Å². The minimum absolute atomic E-state index is 0.00783. The van der Waals surface area contributed by atoms with Gasteiger partial charge in [0.05, 0.1) is 10.2 Å². The van der Waals surface area contributed by atoms with Gasteiger partial charge in [-0.25, -0.2) is 4.98 Å². The van der Waals surface area contributed by atoms with Crippen LogP contribution in [0.2, 0.25) is 0 Å². The summed E-state index contributed by atoms with van der Waals surface area (Å²) in [7, 11) is 4.04. The van der Waals surface area contributed by atoms with Gasteiger partial charge in [0, 0.05) is 18.7 Å². The molecule has 0 spiro atoms. The summed E-state index contributed by atoms with van der Waals surface area (Å²) in [4.78, 5) is 22.3. The molecule has 164 valence electrons. The summed E-state index contributed by atoms with van der Waals surface area (Å²) < 4.78 is 1.14.